The molecule has 0 aliphatic carbocycles. The highest BCUT2D eigenvalue weighted by Crippen LogP contribution is 2.14. The molecule has 0 saturated carbocycles. The zero-order chi connectivity index (χ0) is 14.7. The molecule has 3 rings (SSSR count). The molecule has 0 spiro atoms. The Morgan fingerprint density at radius 1 is 1.33 bits per heavy atom. The van der Waals surface area contributed by atoms with Crippen molar-refractivity contribution in [3.05, 3.63) is 48.1 Å². The zero-order valence-corrected chi connectivity index (χ0v) is 11.4. The first-order valence-electron chi connectivity index (χ1n) is 6.50. The van der Waals surface area contributed by atoms with Gasteiger partial charge < -0.3 is 9.73 Å². The van der Waals surface area contributed by atoms with Crippen molar-refractivity contribution >= 4 is 16.8 Å². The average molecular weight is 283 g/mol. The van der Waals surface area contributed by atoms with Crippen molar-refractivity contribution in [1.29, 1.82) is 0 Å². The normalized spacial score (nSPS) is 10.7. The van der Waals surface area contributed by atoms with E-state index in [-0.39, 0.29) is 5.91 Å². The minimum atomic E-state index is -0.185. The summed E-state index contributed by atoms with van der Waals surface area (Å²) in [5, 5.41) is 11.3. The van der Waals surface area contributed by atoms with Gasteiger partial charge in [-0.05, 0) is 6.07 Å². The number of aromatic nitrogens is 4. The van der Waals surface area contributed by atoms with Gasteiger partial charge in [-0.3, -0.25) is 4.79 Å². The van der Waals surface area contributed by atoms with Crippen LogP contribution < -0.4 is 5.32 Å². The first-order chi connectivity index (χ1) is 10.2. The lowest BCUT2D eigenvalue weighted by Gasteiger charge is -2.06. The number of aryl methyl sites for hydroxylation is 1. The number of carbonyl (C=O) groups excluding carboxylic acids is 1. The van der Waals surface area contributed by atoms with Gasteiger partial charge in [0.1, 0.15) is 6.33 Å². The van der Waals surface area contributed by atoms with Crippen LogP contribution in [0.1, 0.15) is 22.1 Å². The summed E-state index contributed by atoms with van der Waals surface area (Å²) in [5.74, 6) is 0.839. The number of hydrogen-bond donors (Lipinski definition) is 1. The highest BCUT2D eigenvalue weighted by molar-refractivity contribution is 6.05. The van der Waals surface area contributed by atoms with E-state index in [1.807, 2.05) is 12.1 Å². The van der Waals surface area contributed by atoms with Crippen molar-refractivity contribution in [3.8, 4) is 0 Å². The van der Waals surface area contributed by atoms with Gasteiger partial charge in [-0.2, -0.15) is 0 Å². The number of rotatable bonds is 4. The van der Waals surface area contributed by atoms with Crippen LogP contribution in [0.15, 0.2) is 35.1 Å². The Morgan fingerprint density at radius 2 is 2.24 bits per heavy atom. The molecule has 0 radical (unpaired) electrons. The predicted octanol–water partition coefficient (Wildman–Crippen LogP) is 1.29. The number of nitrogens with one attached hydrogen (secondary N) is 1. The van der Waals surface area contributed by atoms with Crippen molar-refractivity contribution in [1.82, 2.24) is 25.5 Å². The average Bonchev–Trinajstić information content (AvgIpc) is 2.92. The zero-order valence-electron chi connectivity index (χ0n) is 11.4. The molecular weight excluding hydrogens is 270 g/mol. The minimum absolute atomic E-state index is 0.185. The molecule has 7 nitrogen and oxygen atoms in total. The Hall–Kier alpha value is -2.83. The lowest BCUT2D eigenvalue weighted by atomic mass is 10.1. The number of fused-ring (bicyclic) bond motifs is 1. The number of hydrogen-bond acceptors (Lipinski definition) is 6. The number of benzene rings is 1. The van der Waals surface area contributed by atoms with Crippen molar-refractivity contribution in [3.63, 3.8) is 0 Å². The fraction of sp³-hybridized carbons (Fsp3) is 0.214. The molecular formula is C14H13N5O2. The molecule has 1 N–H and O–H groups in total. The standard InChI is InChI=1S/C14H13N5O2/c1-9-18-19-12(21-9)5-6-16-14(20)11-4-2-3-10-7-15-8-17-13(10)11/h2-4,7-8H,5-6H2,1H3,(H,16,20). The third kappa shape index (κ3) is 2.86. The molecule has 106 valence electrons. The fourth-order valence-electron chi connectivity index (χ4n) is 2.01. The number of carbonyl (C=O) groups is 1. The van der Waals surface area contributed by atoms with E-state index in [1.54, 1.807) is 19.2 Å². The maximum absolute atomic E-state index is 12.2. The van der Waals surface area contributed by atoms with Crippen molar-refractivity contribution < 1.29 is 9.21 Å². The molecule has 2 heterocycles. The van der Waals surface area contributed by atoms with Gasteiger partial charge in [0.25, 0.3) is 5.91 Å². The molecule has 0 fully saturated rings. The molecule has 0 atom stereocenters. The Labute approximate surface area is 120 Å². The summed E-state index contributed by atoms with van der Waals surface area (Å²) in [6.07, 6.45) is 3.60. The van der Waals surface area contributed by atoms with Gasteiger partial charge in [-0.25, -0.2) is 9.97 Å². The minimum Gasteiger partial charge on any atom is -0.426 e. The molecule has 0 saturated heterocycles. The Bertz CT molecular complexity index is 778. The van der Waals surface area contributed by atoms with Gasteiger partial charge in [-0.15, -0.1) is 10.2 Å². The topological polar surface area (TPSA) is 93.8 Å². The molecule has 0 bridgehead atoms. The summed E-state index contributed by atoms with van der Waals surface area (Å²) in [7, 11) is 0. The highest BCUT2D eigenvalue weighted by atomic mass is 16.4. The molecule has 0 unspecified atom stereocenters. The van der Waals surface area contributed by atoms with Gasteiger partial charge in [0, 0.05) is 31.5 Å². The third-order valence-corrected chi connectivity index (χ3v) is 2.97. The summed E-state index contributed by atoms with van der Waals surface area (Å²) in [5.41, 5.74) is 1.16. The van der Waals surface area contributed by atoms with Crippen molar-refractivity contribution in [2.24, 2.45) is 0 Å². The fourth-order valence-corrected chi connectivity index (χ4v) is 2.01. The third-order valence-electron chi connectivity index (χ3n) is 2.97. The van der Waals surface area contributed by atoms with E-state index >= 15 is 0 Å². The second-order valence-corrected chi connectivity index (χ2v) is 4.49. The van der Waals surface area contributed by atoms with E-state index in [2.05, 4.69) is 25.5 Å². The van der Waals surface area contributed by atoms with Crippen molar-refractivity contribution in [2.45, 2.75) is 13.3 Å². The van der Waals surface area contributed by atoms with Crippen LogP contribution in [0.2, 0.25) is 0 Å². The predicted molar refractivity (Wildman–Crippen MR) is 74.6 cm³/mol. The Morgan fingerprint density at radius 3 is 3.05 bits per heavy atom. The van der Waals surface area contributed by atoms with E-state index in [4.69, 9.17) is 4.42 Å². The van der Waals surface area contributed by atoms with Gasteiger partial charge in [0.2, 0.25) is 11.8 Å². The van der Waals surface area contributed by atoms with Crippen LogP contribution in [0.5, 0.6) is 0 Å². The van der Waals surface area contributed by atoms with Crippen LogP contribution in [0.3, 0.4) is 0 Å². The maximum atomic E-state index is 12.2. The lowest BCUT2D eigenvalue weighted by Crippen LogP contribution is -2.26. The number of amides is 1. The van der Waals surface area contributed by atoms with Crippen LogP contribution in [-0.4, -0.2) is 32.6 Å². The summed E-state index contributed by atoms with van der Waals surface area (Å²) >= 11 is 0. The molecule has 0 aliphatic rings. The van der Waals surface area contributed by atoms with E-state index in [9.17, 15) is 4.79 Å². The van der Waals surface area contributed by atoms with Gasteiger partial charge in [0.05, 0.1) is 11.1 Å². The molecule has 1 amide bonds. The number of para-hydroxylation sites is 1. The van der Waals surface area contributed by atoms with Gasteiger partial charge >= 0.3 is 0 Å². The van der Waals surface area contributed by atoms with Crippen LogP contribution in [0.4, 0.5) is 0 Å². The summed E-state index contributed by atoms with van der Waals surface area (Å²) in [6, 6.07) is 5.41. The molecule has 7 heteroatoms. The molecule has 2 aromatic heterocycles. The smallest absolute Gasteiger partial charge is 0.253 e. The monoisotopic (exact) mass is 283 g/mol. The van der Waals surface area contributed by atoms with Crippen LogP contribution >= 0.6 is 0 Å². The second kappa shape index (κ2) is 5.66. The quantitative estimate of drug-likeness (QED) is 0.775. The molecule has 21 heavy (non-hydrogen) atoms. The first kappa shape index (κ1) is 13.2. The van der Waals surface area contributed by atoms with E-state index in [0.29, 0.717) is 35.8 Å². The summed E-state index contributed by atoms with van der Waals surface area (Å²) in [4.78, 5) is 20.3. The van der Waals surface area contributed by atoms with Gasteiger partial charge in [-0.1, -0.05) is 12.1 Å². The van der Waals surface area contributed by atoms with Gasteiger partial charge in [0.15, 0.2) is 0 Å². The SMILES string of the molecule is Cc1nnc(CCNC(=O)c2cccc3cncnc23)o1. The van der Waals surface area contributed by atoms with E-state index in [0.717, 1.165) is 5.39 Å². The van der Waals surface area contributed by atoms with Crippen molar-refractivity contribution in [2.75, 3.05) is 6.54 Å². The largest absolute Gasteiger partial charge is 0.426 e. The maximum Gasteiger partial charge on any atom is 0.253 e. The second-order valence-electron chi connectivity index (χ2n) is 4.49. The summed E-state index contributed by atoms with van der Waals surface area (Å²) in [6.45, 7) is 2.15. The first-order valence-corrected chi connectivity index (χ1v) is 6.50. The molecule has 0 aliphatic heterocycles. The van der Waals surface area contributed by atoms with E-state index < -0.39 is 0 Å². The number of nitrogens with zero attached hydrogens (tertiary/aromatic N) is 4. The lowest BCUT2D eigenvalue weighted by molar-refractivity contribution is 0.0955. The van der Waals surface area contributed by atoms with E-state index in [1.165, 1.54) is 6.33 Å². The highest BCUT2D eigenvalue weighted by Gasteiger charge is 2.11. The van der Waals surface area contributed by atoms with Crippen LogP contribution in [-0.2, 0) is 6.42 Å². The van der Waals surface area contributed by atoms with Crippen LogP contribution in [0.25, 0.3) is 10.9 Å². The summed E-state index contributed by atoms with van der Waals surface area (Å²) < 4.78 is 5.25. The Balaban J connectivity index is 1.69. The molecule has 3 aromatic rings. The Kier molecular flexibility index (Phi) is 3.55. The van der Waals surface area contributed by atoms with Crippen LogP contribution in [0, 0.1) is 6.92 Å². The molecule has 1 aromatic carbocycles.